The number of nitrogens with zero attached hydrogens (tertiary/aromatic N) is 2. The van der Waals surface area contributed by atoms with E-state index in [0.717, 1.165) is 37.5 Å². The van der Waals surface area contributed by atoms with Crippen molar-refractivity contribution in [2.45, 2.75) is 6.61 Å². The lowest BCUT2D eigenvalue weighted by Crippen LogP contribution is -2.43. The van der Waals surface area contributed by atoms with E-state index in [1.54, 1.807) is 0 Å². The number of anilines is 1. The molecular formula is C18H19N3O. The Labute approximate surface area is 130 Å². The van der Waals surface area contributed by atoms with Crippen LogP contribution in [-0.2, 0) is 6.61 Å². The van der Waals surface area contributed by atoms with E-state index in [-0.39, 0.29) is 0 Å². The van der Waals surface area contributed by atoms with Crippen LogP contribution < -0.4 is 15.0 Å². The first-order valence-electron chi connectivity index (χ1n) is 7.53. The molecule has 4 heteroatoms. The number of nitrogens with one attached hydrogen (secondary N) is 1. The molecule has 1 fully saturated rings. The van der Waals surface area contributed by atoms with Gasteiger partial charge in [0, 0.05) is 31.9 Å². The van der Waals surface area contributed by atoms with Gasteiger partial charge in [0.2, 0.25) is 0 Å². The lowest BCUT2D eigenvalue weighted by atomic mass is 10.1. The van der Waals surface area contributed by atoms with E-state index in [9.17, 15) is 0 Å². The maximum absolute atomic E-state index is 8.78. The maximum Gasteiger partial charge on any atom is 0.119 e. The third kappa shape index (κ3) is 3.57. The molecule has 112 valence electrons. The summed E-state index contributed by atoms with van der Waals surface area (Å²) < 4.78 is 5.79. The summed E-state index contributed by atoms with van der Waals surface area (Å²) in [7, 11) is 0. The molecule has 3 rings (SSSR count). The van der Waals surface area contributed by atoms with Crippen LogP contribution in [-0.4, -0.2) is 26.2 Å². The molecular weight excluding hydrogens is 274 g/mol. The highest BCUT2D eigenvalue weighted by Gasteiger charge is 2.09. The minimum absolute atomic E-state index is 0.513. The van der Waals surface area contributed by atoms with Crippen LogP contribution in [0.3, 0.4) is 0 Å². The Morgan fingerprint density at radius 3 is 2.32 bits per heavy atom. The maximum atomic E-state index is 8.78. The van der Waals surface area contributed by atoms with Gasteiger partial charge < -0.3 is 15.0 Å². The zero-order valence-corrected chi connectivity index (χ0v) is 12.5. The smallest absolute Gasteiger partial charge is 0.119 e. The molecule has 1 aliphatic heterocycles. The lowest BCUT2D eigenvalue weighted by molar-refractivity contribution is 0.306. The summed E-state index contributed by atoms with van der Waals surface area (Å²) in [6, 6.07) is 17.8. The molecule has 1 heterocycles. The second-order valence-corrected chi connectivity index (χ2v) is 5.33. The Kier molecular flexibility index (Phi) is 4.57. The summed E-state index contributed by atoms with van der Waals surface area (Å²) in [6.07, 6.45) is 0. The second-order valence-electron chi connectivity index (χ2n) is 5.33. The average molecular weight is 293 g/mol. The average Bonchev–Trinajstić information content (AvgIpc) is 2.61. The van der Waals surface area contributed by atoms with Gasteiger partial charge in [0.15, 0.2) is 0 Å². The van der Waals surface area contributed by atoms with Gasteiger partial charge in [-0.2, -0.15) is 5.26 Å². The quantitative estimate of drug-likeness (QED) is 0.941. The van der Waals surface area contributed by atoms with Crippen LogP contribution in [0.5, 0.6) is 5.75 Å². The van der Waals surface area contributed by atoms with Crippen LogP contribution in [0.4, 0.5) is 5.69 Å². The van der Waals surface area contributed by atoms with Gasteiger partial charge in [0.25, 0.3) is 0 Å². The van der Waals surface area contributed by atoms with E-state index < -0.39 is 0 Å². The van der Waals surface area contributed by atoms with Crippen LogP contribution in [0.1, 0.15) is 11.1 Å². The number of benzene rings is 2. The molecule has 1 N–H and O–H groups in total. The van der Waals surface area contributed by atoms with Crippen LogP contribution >= 0.6 is 0 Å². The monoisotopic (exact) mass is 293 g/mol. The van der Waals surface area contributed by atoms with Gasteiger partial charge in [-0.15, -0.1) is 0 Å². The summed E-state index contributed by atoms with van der Waals surface area (Å²) in [4.78, 5) is 2.38. The molecule has 0 aromatic heterocycles. The predicted octanol–water partition coefficient (Wildman–Crippen LogP) is 2.55. The van der Waals surface area contributed by atoms with Crippen molar-refractivity contribution in [3.05, 3.63) is 59.7 Å². The Morgan fingerprint density at radius 2 is 1.68 bits per heavy atom. The van der Waals surface area contributed by atoms with Crippen molar-refractivity contribution in [3.63, 3.8) is 0 Å². The van der Waals surface area contributed by atoms with Gasteiger partial charge >= 0.3 is 0 Å². The minimum Gasteiger partial charge on any atom is -0.489 e. The number of nitriles is 1. The predicted molar refractivity (Wildman–Crippen MR) is 87.0 cm³/mol. The normalized spacial score (nSPS) is 14.4. The Bertz CT molecular complexity index is 638. The zero-order valence-electron chi connectivity index (χ0n) is 12.5. The number of piperazine rings is 1. The molecule has 0 spiro atoms. The van der Waals surface area contributed by atoms with Gasteiger partial charge in [0.05, 0.1) is 11.6 Å². The molecule has 0 radical (unpaired) electrons. The van der Waals surface area contributed by atoms with E-state index in [2.05, 4.69) is 28.4 Å². The van der Waals surface area contributed by atoms with Gasteiger partial charge in [-0.3, -0.25) is 0 Å². The van der Waals surface area contributed by atoms with Crippen molar-refractivity contribution in [3.8, 4) is 11.8 Å². The molecule has 22 heavy (non-hydrogen) atoms. The largest absolute Gasteiger partial charge is 0.489 e. The fraction of sp³-hybridized carbons (Fsp3) is 0.278. The summed E-state index contributed by atoms with van der Waals surface area (Å²) in [5.74, 6) is 0.864. The van der Waals surface area contributed by atoms with Crippen molar-refractivity contribution in [1.29, 1.82) is 5.26 Å². The van der Waals surface area contributed by atoms with E-state index in [4.69, 9.17) is 10.00 Å². The van der Waals surface area contributed by atoms with Crippen molar-refractivity contribution in [1.82, 2.24) is 5.32 Å². The first-order chi connectivity index (χ1) is 10.8. The highest BCUT2D eigenvalue weighted by atomic mass is 16.5. The molecule has 2 aromatic carbocycles. The number of hydrogen-bond donors (Lipinski definition) is 1. The molecule has 0 amide bonds. The number of hydrogen-bond acceptors (Lipinski definition) is 4. The van der Waals surface area contributed by atoms with Crippen molar-refractivity contribution >= 4 is 5.69 Å². The lowest BCUT2D eigenvalue weighted by Gasteiger charge is -2.29. The van der Waals surface area contributed by atoms with Crippen LogP contribution in [0.2, 0.25) is 0 Å². The zero-order chi connectivity index (χ0) is 15.2. The molecule has 4 nitrogen and oxygen atoms in total. The highest BCUT2D eigenvalue weighted by molar-refractivity contribution is 5.49. The summed E-state index contributed by atoms with van der Waals surface area (Å²) in [5, 5.41) is 12.1. The van der Waals surface area contributed by atoms with E-state index in [1.165, 1.54) is 5.69 Å². The van der Waals surface area contributed by atoms with Crippen molar-refractivity contribution in [2.24, 2.45) is 0 Å². The van der Waals surface area contributed by atoms with Crippen molar-refractivity contribution in [2.75, 3.05) is 31.1 Å². The minimum atomic E-state index is 0.513. The van der Waals surface area contributed by atoms with Crippen LogP contribution in [0.25, 0.3) is 0 Å². The Morgan fingerprint density at radius 1 is 1.00 bits per heavy atom. The summed E-state index contributed by atoms with van der Waals surface area (Å²) in [5.41, 5.74) is 2.97. The van der Waals surface area contributed by atoms with Crippen LogP contribution in [0.15, 0.2) is 48.5 Å². The molecule has 2 aromatic rings. The molecule has 1 aliphatic rings. The van der Waals surface area contributed by atoms with Crippen molar-refractivity contribution < 1.29 is 4.74 Å². The number of ether oxygens (including phenoxy) is 1. The third-order valence-corrected chi connectivity index (χ3v) is 3.81. The molecule has 0 unspecified atom stereocenters. The SMILES string of the molecule is N#Cc1ccc(COc2ccc(N3CCNCC3)cc2)cc1. The molecule has 0 saturated carbocycles. The van der Waals surface area contributed by atoms with E-state index in [1.807, 2.05) is 36.4 Å². The Balaban J connectivity index is 1.57. The summed E-state index contributed by atoms with van der Waals surface area (Å²) >= 11 is 0. The van der Waals surface area contributed by atoms with Gasteiger partial charge in [-0.1, -0.05) is 12.1 Å². The second kappa shape index (κ2) is 6.97. The molecule has 0 bridgehead atoms. The van der Waals surface area contributed by atoms with Crippen LogP contribution in [0, 0.1) is 11.3 Å². The summed E-state index contributed by atoms with van der Waals surface area (Å²) in [6.45, 7) is 4.68. The van der Waals surface area contributed by atoms with E-state index >= 15 is 0 Å². The standard InChI is InChI=1S/C18H19N3O/c19-13-15-1-3-16(4-2-15)14-22-18-7-5-17(6-8-18)21-11-9-20-10-12-21/h1-8,20H,9-12,14H2. The first kappa shape index (κ1) is 14.4. The Hall–Kier alpha value is -2.51. The van der Waals surface area contributed by atoms with Gasteiger partial charge in [0.1, 0.15) is 12.4 Å². The molecule has 0 aliphatic carbocycles. The fourth-order valence-corrected chi connectivity index (χ4v) is 2.52. The molecule has 1 saturated heterocycles. The van der Waals surface area contributed by atoms with E-state index in [0.29, 0.717) is 12.2 Å². The number of rotatable bonds is 4. The third-order valence-electron chi connectivity index (χ3n) is 3.81. The van der Waals surface area contributed by atoms with Gasteiger partial charge in [-0.25, -0.2) is 0 Å². The fourth-order valence-electron chi connectivity index (χ4n) is 2.52. The topological polar surface area (TPSA) is 48.3 Å². The molecule has 0 atom stereocenters. The first-order valence-corrected chi connectivity index (χ1v) is 7.53. The highest BCUT2D eigenvalue weighted by Crippen LogP contribution is 2.20. The van der Waals surface area contributed by atoms with Gasteiger partial charge in [-0.05, 0) is 42.0 Å².